The summed E-state index contributed by atoms with van der Waals surface area (Å²) >= 11 is 0. The molecule has 5 heterocycles. The summed E-state index contributed by atoms with van der Waals surface area (Å²) in [6, 6.07) is 4.32. The average Bonchev–Trinajstić information content (AvgIpc) is 3.39. The first-order valence-corrected chi connectivity index (χ1v) is 11.0. The van der Waals surface area contributed by atoms with Gasteiger partial charge >= 0.3 is 0 Å². The normalized spacial score (nSPS) is 30.1. The predicted octanol–water partition coefficient (Wildman–Crippen LogP) is 2.47. The van der Waals surface area contributed by atoms with Gasteiger partial charge in [-0.3, -0.25) is 9.69 Å². The first-order chi connectivity index (χ1) is 14.2. The summed E-state index contributed by atoms with van der Waals surface area (Å²) in [7, 11) is 0. The van der Waals surface area contributed by atoms with Gasteiger partial charge in [-0.2, -0.15) is 5.10 Å². The standard InChI is InChI=1S/C22H30N6O/c29-21(13-18-14-27-10-6-17(18)7-11-27)26-19-4-3-16(12-19)5-8-23-22-20-2-1-9-28(20)25-15-24-22/h1-2,9,13,15-17,19H,3-8,10-12,14H2,(H,26,29)(H,23,24,25)/b18-13-. The number of amides is 1. The maximum Gasteiger partial charge on any atom is 0.244 e. The molecule has 0 spiro atoms. The van der Waals surface area contributed by atoms with Gasteiger partial charge in [0, 0.05) is 31.4 Å². The van der Waals surface area contributed by atoms with E-state index in [4.69, 9.17) is 0 Å². The summed E-state index contributed by atoms with van der Waals surface area (Å²) in [5.41, 5.74) is 2.35. The summed E-state index contributed by atoms with van der Waals surface area (Å²) < 4.78 is 1.83. The van der Waals surface area contributed by atoms with Crippen molar-refractivity contribution in [3.63, 3.8) is 0 Å². The zero-order valence-corrected chi connectivity index (χ0v) is 16.9. The number of anilines is 1. The average molecular weight is 395 g/mol. The third kappa shape index (κ3) is 4.15. The molecule has 1 amide bonds. The van der Waals surface area contributed by atoms with Crippen molar-refractivity contribution in [1.82, 2.24) is 24.8 Å². The number of aromatic nitrogens is 3. The molecule has 7 heteroatoms. The van der Waals surface area contributed by atoms with Crippen molar-refractivity contribution in [2.45, 2.75) is 44.6 Å². The Morgan fingerprint density at radius 1 is 1.24 bits per heavy atom. The second-order valence-electron chi connectivity index (χ2n) is 8.82. The Morgan fingerprint density at radius 2 is 2.14 bits per heavy atom. The smallest absolute Gasteiger partial charge is 0.244 e. The molecule has 1 aliphatic carbocycles. The largest absolute Gasteiger partial charge is 0.368 e. The highest BCUT2D eigenvalue weighted by Gasteiger charge is 2.30. The number of fused-ring (bicyclic) bond motifs is 4. The Balaban J connectivity index is 1.08. The van der Waals surface area contributed by atoms with E-state index in [0.717, 1.165) is 43.7 Å². The van der Waals surface area contributed by atoms with Crippen molar-refractivity contribution in [3.05, 3.63) is 36.3 Å². The van der Waals surface area contributed by atoms with E-state index in [2.05, 4.69) is 25.6 Å². The van der Waals surface area contributed by atoms with Crippen LogP contribution in [-0.4, -0.2) is 57.6 Å². The first kappa shape index (κ1) is 18.6. The molecule has 0 radical (unpaired) electrons. The van der Waals surface area contributed by atoms with Crippen LogP contribution in [0.4, 0.5) is 5.82 Å². The summed E-state index contributed by atoms with van der Waals surface area (Å²) in [5.74, 6) is 2.30. The molecule has 2 unspecified atom stereocenters. The van der Waals surface area contributed by atoms with Gasteiger partial charge in [0.2, 0.25) is 5.91 Å². The van der Waals surface area contributed by atoms with Crippen LogP contribution in [0.5, 0.6) is 0 Å². The molecule has 29 heavy (non-hydrogen) atoms. The summed E-state index contributed by atoms with van der Waals surface area (Å²) in [6.07, 6.45) is 12.3. The fraction of sp³-hybridized carbons (Fsp3) is 0.591. The van der Waals surface area contributed by atoms with Crippen molar-refractivity contribution in [2.24, 2.45) is 11.8 Å². The molecule has 2 bridgehead atoms. The highest BCUT2D eigenvalue weighted by atomic mass is 16.1. The number of nitrogens with one attached hydrogen (secondary N) is 2. The van der Waals surface area contributed by atoms with E-state index in [0.29, 0.717) is 17.9 Å². The monoisotopic (exact) mass is 394 g/mol. The van der Waals surface area contributed by atoms with Gasteiger partial charge in [-0.05, 0) is 81.2 Å². The number of carbonyl (C=O) groups excluding carboxylic acids is 1. The molecule has 2 aromatic heterocycles. The van der Waals surface area contributed by atoms with E-state index in [1.54, 1.807) is 6.33 Å². The van der Waals surface area contributed by atoms with Gasteiger partial charge in [0.1, 0.15) is 11.8 Å². The van der Waals surface area contributed by atoms with E-state index < -0.39 is 0 Å². The lowest BCUT2D eigenvalue weighted by atomic mass is 9.83. The van der Waals surface area contributed by atoms with Crippen LogP contribution < -0.4 is 10.6 Å². The van der Waals surface area contributed by atoms with Crippen molar-refractivity contribution in [1.29, 1.82) is 0 Å². The Hall–Kier alpha value is -2.41. The maximum absolute atomic E-state index is 12.5. The van der Waals surface area contributed by atoms with Gasteiger partial charge in [-0.15, -0.1) is 0 Å². The zero-order valence-electron chi connectivity index (χ0n) is 16.9. The van der Waals surface area contributed by atoms with Crippen LogP contribution in [-0.2, 0) is 4.79 Å². The summed E-state index contributed by atoms with van der Waals surface area (Å²) in [5, 5.41) is 10.9. The Kier molecular flexibility index (Phi) is 5.23. The molecule has 2 aromatic rings. The number of nitrogens with zero attached hydrogens (tertiary/aromatic N) is 4. The highest BCUT2D eigenvalue weighted by Crippen LogP contribution is 2.32. The minimum Gasteiger partial charge on any atom is -0.368 e. The topological polar surface area (TPSA) is 74.6 Å². The van der Waals surface area contributed by atoms with Crippen LogP contribution in [0.15, 0.2) is 36.3 Å². The van der Waals surface area contributed by atoms with Crippen LogP contribution in [0.3, 0.4) is 0 Å². The molecule has 6 rings (SSSR count). The van der Waals surface area contributed by atoms with E-state index in [9.17, 15) is 4.79 Å². The minimum atomic E-state index is 0.120. The van der Waals surface area contributed by atoms with Gasteiger partial charge in [0.05, 0.1) is 0 Å². The molecule has 1 saturated carbocycles. The van der Waals surface area contributed by atoms with Gasteiger partial charge < -0.3 is 10.6 Å². The Bertz CT molecular complexity index is 898. The summed E-state index contributed by atoms with van der Waals surface area (Å²) in [6.45, 7) is 4.29. The van der Waals surface area contributed by atoms with Crippen molar-refractivity contribution >= 4 is 17.2 Å². The number of carbonyl (C=O) groups is 1. The fourth-order valence-electron chi connectivity index (χ4n) is 5.29. The number of hydrogen-bond acceptors (Lipinski definition) is 5. The fourth-order valence-corrected chi connectivity index (χ4v) is 5.29. The molecule has 154 valence electrons. The molecule has 2 N–H and O–H groups in total. The van der Waals surface area contributed by atoms with Crippen molar-refractivity contribution in [3.8, 4) is 0 Å². The van der Waals surface area contributed by atoms with E-state index in [1.807, 2.05) is 28.9 Å². The van der Waals surface area contributed by atoms with Crippen molar-refractivity contribution < 1.29 is 4.79 Å². The van der Waals surface area contributed by atoms with Gasteiger partial charge in [0.25, 0.3) is 0 Å². The molecule has 3 aliphatic heterocycles. The number of hydrogen-bond donors (Lipinski definition) is 2. The molecule has 2 atom stereocenters. The van der Waals surface area contributed by atoms with E-state index in [-0.39, 0.29) is 5.91 Å². The lowest BCUT2D eigenvalue weighted by molar-refractivity contribution is -0.117. The van der Waals surface area contributed by atoms with Crippen molar-refractivity contribution in [2.75, 3.05) is 31.5 Å². The number of rotatable bonds is 6. The van der Waals surface area contributed by atoms with Crippen LogP contribution >= 0.6 is 0 Å². The van der Waals surface area contributed by atoms with Crippen LogP contribution in [0, 0.1) is 11.8 Å². The van der Waals surface area contributed by atoms with Crippen LogP contribution in [0.2, 0.25) is 0 Å². The third-order valence-electron chi connectivity index (χ3n) is 6.90. The molecular weight excluding hydrogens is 364 g/mol. The molecule has 4 aliphatic rings. The van der Waals surface area contributed by atoms with Crippen LogP contribution in [0.1, 0.15) is 38.5 Å². The van der Waals surface area contributed by atoms with Gasteiger partial charge in [-0.1, -0.05) is 0 Å². The molecule has 7 nitrogen and oxygen atoms in total. The summed E-state index contributed by atoms with van der Waals surface area (Å²) in [4.78, 5) is 19.3. The SMILES string of the molecule is O=C(/C=C1/CN2CCC1CC2)NC1CCC(CCNc2ncnn3cccc23)C1. The first-order valence-electron chi connectivity index (χ1n) is 11.0. The van der Waals surface area contributed by atoms with Gasteiger partial charge in [0.15, 0.2) is 5.82 Å². The molecule has 4 fully saturated rings. The Labute approximate surface area is 171 Å². The maximum atomic E-state index is 12.5. The van der Waals surface area contributed by atoms with E-state index >= 15 is 0 Å². The molecular formula is C22H30N6O. The van der Waals surface area contributed by atoms with Crippen LogP contribution in [0.25, 0.3) is 5.52 Å². The zero-order chi connectivity index (χ0) is 19.6. The quantitative estimate of drug-likeness (QED) is 0.737. The lowest BCUT2D eigenvalue weighted by Crippen LogP contribution is -2.43. The molecule has 0 aromatic carbocycles. The Morgan fingerprint density at radius 3 is 2.97 bits per heavy atom. The second-order valence-corrected chi connectivity index (χ2v) is 8.82. The van der Waals surface area contributed by atoms with E-state index in [1.165, 1.54) is 37.9 Å². The van der Waals surface area contributed by atoms with Gasteiger partial charge in [-0.25, -0.2) is 9.50 Å². The third-order valence-corrected chi connectivity index (χ3v) is 6.90. The lowest BCUT2D eigenvalue weighted by Gasteiger charge is -2.41. The predicted molar refractivity (Wildman–Crippen MR) is 113 cm³/mol. The molecule has 3 saturated heterocycles. The minimum absolute atomic E-state index is 0.120. The second kappa shape index (κ2) is 8.14. The number of piperidine rings is 3. The highest BCUT2D eigenvalue weighted by molar-refractivity contribution is 5.88.